The van der Waals surface area contributed by atoms with Crippen molar-refractivity contribution in [2.24, 2.45) is 41.4 Å². The maximum atomic E-state index is 13.3. The smallest absolute Gasteiger partial charge is 0.306 e. The summed E-state index contributed by atoms with van der Waals surface area (Å²) >= 11 is 0. The van der Waals surface area contributed by atoms with Gasteiger partial charge in [0.2, 0.25) is 0 Å². The Morgan fingerprint density at radius 3 is 2.14 bits per heavy atom. The standard InChI is InChI=1S/C34H61NO7/c1-13-26-28(14-2)41-29(37)18-19(3)22(6)31(42-33-24(8)30(35(11)12)23(7)25(9)40-33)21(5)17-20(4)27(36)15-16-34(10,39)32(26)38/h15-16,19-26,28,30-33,38-39H,13-14,17-18H2,1-12H3/b16-15+/t19-,20-,21+,22+,23?,24?,25?,26-,28-,30?,31+,32+,33?,34?/m1/s1. The van der Waals surface area contributed by atoms with Gasteiger partial charge in [-0.3, -0.25) is 9.59 Å². The second kappa shape index (κ2) is 15.6. The molecule has 8 nitrogen and oxygen atoms in total. The van der Waals surface area contributed by atoms with E-state index in [1.54, 1.807) is 0 Å². The lowest BCUT2D eigenvalue weighted by Crippen LogP contribution is -2.56. The van der Waals surface area contributed by atoms with Crippen molar-refractivity contribution >= 4 is 11.8 Å². The van der Waals surface area contributed by atoms with Gasteiger partial charge >= 0.3 is 5.97 Å². The van der Waals surface area contributed by atoms with E-state index < -0.39 is 30.0 Å². The quantitative estimate of drug-likeness (QED) is 0.416. The summed E-state index contributed by atoms with van der Waals surface area (Å²) in [6.07, 6.45) is 2.16. The number of esters is 1. The van der Waals surface area contributed by atoms with Crippen LogP contribution in [0.3, 0.4) is 0 Å². The molecule has 6 unspecified atom stereocenters. The highest BCUT2D eigenvalue weighted by Crippen LogP contribution is 2.38. The van der Waals surface area contributed by atoms with Crippen LogP contribution < -0.4 is 0 Å². The molecular weight excluding hydrogens is 534 g/mol. The summed E-state index contributed by atoms with van der Waals surface area (Å²) in [5, 5.41) is 22.3. The molecule has 0 aromatic rings. The number of rotatable bonds is 5. The lowest BCUT2D eigenvalue weighted by atomic mass is 9.78. The average molecular weight is 596 g/mol. The van der Waals surface area contributed by atoms with Crippen LogP contribution in [0.1, 0.15) is 94.9 Å². The van der Waals surface area contributed by atoms with Crippen LogP contribution in [0.5, 0.6) is 0 Å². The molecule has 2 aliphatic rings. The van der Waals surface area contributed by atoms with E-state index in [0.29, 0.717) is 25.2 Å². The molecule has 0 amide bonds. The molecule has 14 atom stereocenters. The average Bonchev–Trinajstić information content (AvgIpc) is 2.91. The van der Waals surface area contributed by atoms with Crippen molar-refractivity contribution in [1.82, 2.24) is 4.90 Å². The number of carbonyl (C=O) groups is 2. The van der Waals surface area contributed by atoms with Gasteiger partial charge in [0, 0.05) is 30.2 Å². The van der Waals surface area contributed by atoms with E-state index in [-0.39, 0.29) is 66.0 Å². The topological polar surface area (TPSA) is 106 Å². The van der Waals surface area contributed by atoms with E-state index in [1.165, 1.54) is 19.1 Å². The zero-order valence-corrected chi connectivity index (χ0v) is 28.4. The molecule has 42 heavy (non-hydrogen) atoms. The highest BCUT2D eigenvalue weighted by atomic mass is 16.7. The zero-order chi connectivity index (χ0) is 32.1. The largest absolute Gasteiger partial charge is 0.462 e. The van der Waals surface area contributed by atoms with E-state index in [4.69, 9.17) is 14.2 Å². The van der Waals surface area contributed by atoms with Gasteiger partial charge in [0.05, 0.1) is 18.3 Å². The first-order valence-corrected chi connectivity index (χ1v) is 16.3. The summed E-state index contributed by atoms with van der Waals surface area (Å²) in [7, 11) is 4.20. The SMILES string of the molecule is CC[C@@H]1[C@@H](CC)OC(=O)C[C@@H](C)[C@H](C)[C@@H](OC2OC(C)C(C)C(N(C)C)C2C)[C@@H](C)C[C@@H](C)C(=O)/C=C/C(C)(O)[C@H]1O. The number of hydrogen-bond donors (Lipinski definition) is 2. The lowest BCUT2D eigenvalue weighted by molar-refractivity contribution is -0.275. The maximum Gasteiger partial charge on any atom is 0.306 e. The Bertz CT molecular complexity index is 904. The van der Waals surface area contributed by atoms with Crippen LogP contribution in [0.4, 0.5) is 0 Å². The molecule has 8 heteroatoms. The molecule has 1 fully saturated rings. The summed E-state index contributed by atoms with van der Waals surface area (Å²) < 4.78 is 19.3. The molecule has 0 aromatic heterocycles. The predicted molar refractivity (Wildman–Crippen MR) is 166 cm³/mol. The van der Waals surface area contributed by atoms with Crippen molar-refractivity contribution < 1.29 is 34.0 Å². The van der Waals surface area contributed by atoms with Crippen molar-refractivity contribution in [2.75, 3.05) is 14.1 Å². The number of allylic oxidation sites excluding steroid dienone is 1. The molecular formula is C34H61NO7. The minimum Gasteiger partial charge on any atom is -0.462 e. The highest BCUT2D eigenvalue weighted by Gasteiger charge is 2.44. The van der Waals surface area contributed by atoms with Gasteiger partial charge in [-0.05, 0) is 83.0 Å². The van der Waals surface area contributed by atoms with E-state index in [9.17, 15) is 19.8 Å². The molecule has 2 rings (SSSR count). The van der Waals surface area contributed by atoms with Crippen LogP contribution >= 0.6 is 0 Å². The van der Waals surface area contributed by atoms with E-state index in [2.05, 4.69) is 53.6 Å². The fourth-order valence-electron chi connectivity index (χ4n) is 7.31. The molecule has 2 aliphatic heterocycles. The second-order valence-corrected chi connectivity index (χ2v) is 14.1. The minimum atomic E-state index is -1.66. The molecule has 2 heterocycles. The fraction of sp³-hybridized carbons (Fsp3) is 0.882. The van der Waals surface area contributed by atoms with Crippen molar-refractivity contribution in [3.63, 3.8) is 0 Å². The van der Waals surface area contributed by atoms with Crippen LogP contribution in [-0.2, 0) is 23.8 Å². The predicted octanol–water partition coefficient (Wildman–Crippen LogP) is 5.24. The van der Waals surface area contributed by atoms with Gasteiger partial charge in [0.1, 0.15) is 11.7 Å². The van der Waals surface area contributed by atoms with Gasteiger partial charge in [-0.1, -0.05) is 55.4 Å². The molecule has 0 aliphatic carbocycles. The molecule has 1 saturated heterocycles. The van der Waals surface area contributed by atoms with E-state index in [1.807, 2.05) is 27.7 Å². The monoisotopic (exact) mass is 595 g/mol. The van der Waals surface area contributed by atoms with E-state index >= 15 is 0 Å². The number of ketones is 1. The summed E-state index contributed by atoms with van der Waals surface area (Å²) in [6.45, 7) is 20.0. The van der Waals surface area contributed by atoms with Crippen LogP contribution in [0, 0.1) is 41.4 Å². The third-order valence-corrected chi connectivity index (χ3v) is 10.4. The number of aliphatic hydroxyl groups is 2. The maximum absolute atomic E-state index is 13.3. The third kappa shape index (κ3) is 8.87. The first-order valence-electron chi connectivity index (χ1n) is 16.3. The molecule has 244 valence electrons. The first kappa shape index (κ1) is 36.9. The van der Waals surface area contributed by atoms with Gasteiger partial charge in [0.25, 0.3) is 0 Å². The minimum absolute atomic E-state index is 0.0130. The number of ether oxygens (including phenoxy) is 3. The van der Waals surface area contributed by atoms with Gasteiger partial charge in [-0.2, -0.15) is 0 Å². The number of carbonyl (C=O) groups excluding carboxylic acids is 2. The van der Waals surface area contributed by atoms with Gasteiger partial charge in [-0.15, -0.1) is 0 Å². The zero-order valence-electron chi connectivity index (χ0n) is 28.4. The number of aliphatic hydroxyl groups excluding tert-OH is 1. The molecule has 0 radical (unpaired) electrons. The first-order chi connectivity index (χ1) is 19.5. The Hall–Kier alpha value is -1.32. The Kier molecular flexibility index (Phi) is 13.7. The third-order valence-electron chi connectivity index (χ3n) is 10.4. The molecule has 0 aromatic carbocycles. The van der Waals surface area contributed by atoms with Crippen LogP contribution in [-0.4, -0.2) is 83.3 Å². The number of hydrogen-bond acceptors (Lipinski definition) is 8. The van der Waals surface area contributed by atoms with Gasteiger partial charge < -0.3 is 29.3 Å². The van der Waals surface area contributed by atoms with E-state index in [0.717, 1.165) is 0 Å². The van der Waals surface area contributed by atoms with Crippen LogP contribution in [0.15, 0.2) is 12.2 Å². The second-order valence-electron chi connectivity index (χ2n) is 14.1. The molecule has 0 spiro atoms. The summed E-state index contributed by atoms with van der Waals surface area (Å²) in [5.41, 5.74) is -1.66. The van der Waals surface area contributed by atoms with Crippen molar-refractivity contribution in [3.05, 3.63) is 12.2 Å². The van der Waals surface area contributed by atoms with Crippen LogP contribution in [0.25, 0.3) is 0 Å². The Morgan fingerprint density at radius 2 is 1.60 bits per heavy atom. The van der Waals surface area contributed by atoms with Crippen molar-refractivity contribution in [1.29, 1.82) is 0 Å². The van der Waals surface area contributed by atoms with Gasteiger partial charge in [-0.25, -0.2) is 0 Å². The van der Waals surface area contributed by atoms with Crippen LogP contribution in [0.2, 0.25) is 0 Å². The normalized spacial score (nSPS) is 45.9. The lowest BCUT2D eigenvalue weighted by Gasteiger charge is -2.48. The Morgan fingerprint density at radius 1 is 0.976 bits per heavy atom. The van der Waals surface area contributed by atoms with Crippen molar-refractivity contribution in [3.8, 4) is 0 Å². The molecule has 0 bridgehead atoms. The molecule has 2 N–H and O–H groups in total. The summed E-state index contributed by atoms with van der Waals surface area (Å²) in [6, 6.07) is 0.286. The Labute approximate surface area is 255 Å². The Balaban J connectivity index is 2.46. The summed E-state index contributed by atoms with van der Waals surface area (Å²) in [4.78, 5) is 28.7. The van der Waals surface area contributed by atoms with Crippen molar-refractivity contribution in [2.45, 2.75) is 137 Å². The highest BCUT2D eigenvalue weighted by molar-refractivity contribution is 5.91. The van der Waals surface area contributed by atoms with Gasteiger partial charge in [0.15, 0.2) is 12.1 Å². The number of cyclic esters (lactones) is 1. The summed E-state index contributed by atoms with van der Waals surface area (Å²) in [5.74, 6) is -0.857. The fourth-order valence-corrected chi connectivity index (χ4v) is 7.31. The number of nitrogens with zero attached hydrogens (tertiary/aromatic N) is 1. The molecule has 0 saturated carbocycles.